The van der Waals surface area contributed by atoms with Crippen molar-refractivity contribution < 1.29 is 9.53 Å². The lowest BCUT2D eigenvalue weighted by Crippen LogP contribution is -2.49. The molecule has 1 aliphatic rings. The number of aryl methyl sites for hydroxylation is 2. The summed E-state index contributed by atoms with van der Waals surface area (Å²) in [6.07, 6.45) is 1.41. The molecule has 0 bridgehead atoms. The fourth-order valence-corrected chi connectivity index (χ4v) is 4.24. The van der Waals surface area contributed by atoms with Gasteiger partial charge in [0.1, 0.15) is 0 Å². The van der Waals surface area contributed by atoms with E-state index in [1.165, 1.54) is 26.6 Å². The quantitative estimate of drug-likeness (QED) is 0.357. The number of ether oxygens (including phenoxy) is 1. The maximum atomic E-state index is 11.8. The van der Waals surface area contributed by atoms with Crippen LogP contribution >= 0.6 is 23.4 Å². The van der Waals surface area contributed by atoms with E-state index in [4.69, 9.17) is 16.3 Å². The Labute approximate surface area is 197 Å². The minimum Gasteiger partial charge on any atom is -0.433 e. The van der Waals surface area contributed by atoms with Gasteiger partial charge < -0.3 is 14.5 Å². The van der Waals surface area contributed by atoms with Crippen LogP contribution in [-0.2, 0) is 4.74 Å². The number of halogens is 1. The normalized spacial score (nSPS) is 12.7. The van der Waals surface area contributed by atoms with Gasteiger partial charge in [-0.05, 0) is 44.5 Å². The Hall–Kier alpha value is -2.11. The van der Waals surface area contributed by atoms with Crippen LogP contribution in [0.5, 0.6) is 0 Å². The summed E-state index contributed by atoms with van der Waals surface area (Å²) in [6, 6.07) is 14.9. The Bertz CT molecular complexity index is 821. The van der Waals surface area contributed by atoms with Crippen LogP contribution in [0.3, 0.4) is 0 Å². The van der Waals surface area contributed by atoms with Crippen LogP contribution in [-0.4, -0.2) is 43.2 Å². The molecule has 0 aliphatic carbocycles. The fraction of sp³-hybridized carbons (Fsp3) is 0.400. The smallest absolute Gasteiger partial charge is 0.411 e. The van der Waals surface area contributed by atoms with E-state index in [1.807, 2.05) is 20.8 Å². The lowest BCUT2D eigenvalue weighted by molar-refractivity contribution is 0.115. The van der Waals surface area contributed by atoms with Gasteiger partial charge in [0.25, 0.3) is 0 Å². The first-order valence-corrected chi connectivity index (χ1v) is 12.0. The number of nitrogens with zero attached hydrogens (tertiary/aromatic N) is 2. The minimum atomic E-state index is -0.336. The second-order valence-electron chi connectivity index (χ2n) is 6.74. The predicted octanol–water partition coefficient (Wildman–Crippen LogP) is 7.13. The van der Waals surface area contributed by atoms with E-state index in [9.17, 15) is 4.79 Å². The number of alkyl halides is 1. The van der Waals surface area contributed by atoms with Gasteiger partial charge in [-0.15, -0.1) is 6.58 Å². The van der Waals surface area contributed by atoms with Crippen LogP contribution < -0.4 is 4.90 Å². The number of carbonyl (C=O) groups is 1. The van der Waals surface area contributed by atoms with E-state index in [-0.39, 0.29) is 12.2 Å². The summed E-state index contributed by atoms with van der Waals surface area (Å²) in [4.78, 5) is 18.4. The highest BCUT2D eigenvalue weighted by atomic mass is 35.5. The van der Waals surface area contributed by atoms with Crippen molar-refractivity contribution in [2.75, 3.05) is 37.1 Å². The topological polar surface area (TPSA) is 32.8 Å². The zero-order valence-corrected chi connectivity index (χ0v) is 20.9. The molecule has 4 nitrogen and oxygen atoms in total. The van der Waals surface area contributed by atoms with Crippen molar-refractivity contribution in [3.63, 3.8) is 0 Å². The van der Waals surface area contributed by atoms with Crippen LogP contribution in [0.25, 0.3) is 0 Å². The molecule has 0 saturated carbocycles. The summed E-state index contributed by atoms with van der Waals surface area (Å²) >= 11 is 7.27. The third-order valence-corrected chi connectivity index (χ3v) is 5.82. The van der Waals surface area contributed by atoms with Crippen molar-refractivity contribution in [2.45, 2.75) is 44.4 Å². The molecule has 0 unspecified atom stereocenters. The Morgan fingerprint density at radius 3 is 2.29 bits per heavy atom. The van der Waals surface area contributed by atoms with Gasteiger partial charge in [0.2, 0.25) is 0 Å². The van der Waals surface area contributed by atoms with Crippen molar-refractivity contribution in [3.8, 4) is 0 Å². The molecule has 1 aliphatic heterocycles. The van der Waals surface area contributed by atoms with Gasteiger partial charge in [-0.1, -0.05) is 73.1 Å². The summed E-state index contributed by atoms with van der Waals surface area (Å²) in [5.74, 6) is 0. The summed E-state index contributed by atoms with van der Waals surface area (Å²) < 4.78 is 4.88. The molecule has 3 rings (SSSR count). The summed E-state index contributed by atoms with van der Waals surface area (Å²) in [5.41, 5.74) is 3.78. The Morgan fingerprint density at radius 1 is 1.10 bits per heavy atom. The van der Waals surface area contributed by atoms with Crippen LogP contribution in [0.4, 0.5) is 10.5 Å². The number of para-hydroxylation sites is 1. The molecule has 1 amide bonds. The zero-order valence-electron chi connectivity index (χ0n) is 19.4. The van der Waals surface area contributed by atoms with Crippen molar-refractivity contribution in [1.82, 2.24) is 4.90 Å². The molecular formula is C25H35ClN2O2S. The van der Waals surface area contributed by atoms with E-state index in [2.05, 4.69) is 67.8 Å². The lowest BCUT2D eigenvalue weighted by atomic mass is 10.2. The number of hydrogen-bond acceptors (Lipinski definition) is 4. The molecule has 1 saturated heterocycles. The molecule has 0 spiro atoms. The highest BCUT2D eigenvalue weighted by molar-refractivity contribution is 7.99. The molecular weight excluding hydrogens is 428 g/mol. The summed E-state index contributed by atoms with van der Waals surface area (Å²) in [5, 5.41) is 0. The second-order valence-corrected chi connectivity index (χ2v) is 8.04. The highest BCUT2D eigenvalue weighted by Gasteiger charge is 2.23. The monoisotopic (exact) mass is 462 g/mol. The second kappa shape index (κ2) is 14.8. The number of amides is 1. The molecule has 1 heterocycles. The molecule has 0 aromatic heterocycles. The number of carbonyl (C=O) groups excluding carboxylic acids is 1. The predicted molar refractivity (Wildman–Crippen MR) is 135 cm³/mol. The Morgan fingerprint density at radius 2 is 1.71 bits per heavy atom. The largest absolute Gasteiger partial charge is 0.433 e. The first kappa shape index (κ1) is 26.9. The molecule has 1 fully saturated rings. The van der Waals surface area contributed by atoms with E-state index in [1.54, 1.807) is 22.7 Å². The number of rotatable bonds is 4. The van der Waals surface area contributed by atoms with Crippen LogP contribution in [0.15, 0.2) is 64.9 Å². The van der Waals surface area contributed by atoms with Gasteiger partial charge >= 0.3 is 6.09 Å². The Kier molecular flexibility index (Phi) is 12.9. The van der Waals surface area contributed by atoms with Crippen LogP contribution in [0.1, 0.15) is 31.9 Å². The van der Waals surface area contributed by atoms with Gasteiger partial charge in [0.15, 0.2) is 6.07 Å². The maximum Gasteiger partial charge on any atom is 0.411 e. The molecule has 0 atom stereocenters. The standard InChI is InChI=1S/C20H23ClN2O2S.C3H6.C2H6/c1-15-7-8-18(16(2)13-15)26-19-6-4-3-5-17(19)22-9-11-23(12-10-22)20(24)25-14-21;1-3-2;1-2/h3-8,13H,9-12,14H2,1-2H3;3H,1H2,2H3;1-2H3. The van der Waals surface area contributed by atoms with Crippen molar-refractivity contribution >= 4 is 35.1 Å². The van der Waals surface area contributed by atoms with Crippen LogP contribution in [0.2, 0.25) is 0 Å². The lowest BCUT2D eigenvalue weighted by Gasteiger charge is -2.36. The Balaban J connectivity index is 0.000000884. The maximum absolute atomic E-state index is 11.8. The SMILES string of the molecule is C=CC.CC.Cc1ccc(Sc2ccccc2N2CCN(C(=O)OCCl)CC2)c(C)c1. The number of anilines is 1. The molecule has 6 heteroatoms. The van der Waals surface area contributed by atoms with Gasteiger partial charge in [0.05, 0.1) is 5.69 Å². The van der Waals surface area contributed by atoms with Gasteiger partial charge in [0, 0.05) is 36.0 Å². The molecule has 2 aromatic carbocycles. The third kappa shape index (κ3) is 8.50. The van der Waals surface area contributed by atoms with Crippen molar-refractivity contribution in [2.24, 2.45) is 0 Å². The number of benzene rings is 2. The van der Waals surface area contributed by atoms with E-state index in [0.717, 1.165) is 13.1 Å². The number of hydrogen-bond donors (Lipinski definition) is 0. The van der Waals surface area contributed by atoms with E-state index >= 15 is 0 Å². The molecule has 2 aromatic rings. The average Bonchev–Trinajstić information content (AvgIpc) is 2.78. The zero-order chi connectivity index (χ0) is 23.2. The highest BCUT2D eigenvalue weighted by Crippen LogP contribution is 2.37. The first-order valence-electron chi connectivity index (χ1n) is 10.6. The van der Waals surface area contributed by atoms with Crippen LogP contribution in [0, 0.1) is 13.8 Å². The fourth-order valence-electron chi connectivity index (χ4n) is 3.10. The van der Waals surface area contributed by atoms with E-state index in [0.29, 0.717) is 13.1 Å². The van der Waals surface area contributed by atoms with Crippen molar-refractivity contribution in [3.05, 3.63) is 66.2 Å². The first-order chi connectivity index (χ1) is 15.0. The minimum absolute atomic E-state index is 0.103. The average molecular weight is 463 g/mol. The molecule has 170 valence electrons. The van der Waals surface area contributed by atoms with Gasteiger partial charge in [-0.3, -0.25) is 0 Å². The van der Waals surface area contributed by atoms with Crippen molar-refractivity contribution in [1.29, 1.82) is 0 Å². The molecule has 31 heavy (non-hydrogen) atoms. The van der Waals surface area contributed by atoms with E-state index < -0.39 is 0 Å². The number of allylic oxidation sites excluding steroid dienone is 1. The van der Waals surface area contributed by atoms with Gasteiger partial charge in [-0.2, -0.15) is 0 Å². The summed E-state index contributed by atoms with van der Waals surface area (Å²) in [7, 11) is 0. The van der Waals surface area contributed by atoms with Gasteiger partial charge in [-0.25, -0.2) is 4.79 Å². The molecule has 0 N–H and O–H groups in total. The third-order valence-electron chi connectivity index (χ3n) is 4.47. The number of piperazine rings is 1. The summed E-state index contributed by atoms with van der Waals surface area (Å²) in [6.45, 7) is 16.4. The molecule has 0 radical (unpaired) electrons.